The lowest BCUT2D eigenvalue weighted by Gasteiger charge is -2.40. The van der Waals surface area contributed by atoms with Gasteiger partial charge in [0.2, 0.25) is 6.29 Å². The molecule has 1 aromatic carbocycles. The summed E-state index contributed by atoms with van der Waals surface area (Å²) in [6, 6.07) is 4.48. The smallest absolute Gasteiger partial charge is 0.229 e. The third kappa shape index (κ3) is 3.68. The topological polar surface area (TPSA) is 154 Å². The second-order valence-corrected chi connectivity index (χ2v) is 9.44. The quantitative estimate of drug-likeness (QED) is 0.433. The molecule has 1 aromatic rings. The molecule has 1 saturated carbocycles. The fourth-order valence-electron chi connectivity index (χ4n) is 5.55. The largest absolute Gasteiger partial charge is 0.511 e. The summed E-state index contributed by atoms with van der Waals surface area (Å²) >= 11 is 0. The van der Waals surface area contributed by atoms with Crippen molar-refractivity contribution in [3.05, 3.63) is 52.8 Å². The molecule has 9 heteroatoms. The van der Waals surface area contributed by atoms with Crippen molar-refractivity contribution in [2.24, 2.45) is 17.8 Å². The molecule has 5 rings (SSSR count). The zero-order valence-corrected chi connectivity index (χ0v) is 18.4. The van der Waals surface area contributed by atoms with Gasteiger partial charge in [0.25, 0.3) is 0 Å². The maximum atomic E-state index is 13.5. The Balaban J connectivity index is 1.48. The van der Waals surface area contributed by atoms with Crippen LogP contribution in [0.3, 0.4) is 0 Å². The third-order valence-corrected chi connectivity index (χ3v) is 7.41. The van der Waals surface area contributed by atoms with E-state index in [1.807, 2.05) is 6.08 Å². The molecule has 0 aromatic heterocycles. The number of Topliss-reactive ketones (excluding diaryl/α,β-unsaturated/α-hetero) is 2. The Labute approximate surface area is 195 Å². The second kappa shape index (κ2) is 8.90. The molecule has 0 amide bonds. The molecule has 7 atom stereocenters. The molecule has 182 valence electrons. The van der Waals surface area contributed by atoms with Gasteiger partial charge in [-0.3, -0.25) is 9.59 Å². The number of aliphatic hydroxyl groups excluding tert-OH is 5. The van der Waals surface area contributed by atoms with Crippen molar-refractivity contribution in [3.8, 4) is 5.75 Å². The Bertz CT molecular complexity index is 1050. The van der Waals surface area contributed by atoms with E-state index in [0.29, 0.717) is 0 Å². The maximum absolute atomic E-state index is 13.5. The van der Waals surface area contributed by atoms with Gasteiger partial charge in [-0.05, 0) is 36.5 Å². The van der Waals surface area contributed by atoms with Crippen LogP contribution in [0.25, 0.3) is 0 Å². The molecular formula is C25H28O9. The van der Waals surface area contributed by atoms with Gasteiger partial charge in [0.1, 0.15) is 35.9 Å². The summed E-state index contributed by atoms with van der Waals surface area (Å²) in [5.41, 5.74) is 1.00. The molecule has 34 heavy (non-hydrogen) atoms. The van der Waals surface area contributed by atoms with E-state index in [4.69, 9.17) is 9.47 Å². The van der Waals surface area contributed by atoms with Crippen LogP contribution >= 0.6 is 0 Å². The molecule has 0 unspecified atom stereocenters. The highest BCUT2D eigenvalue weighted by atomic mass is 16.7. The fraction of sp³-hybridized carbons (Fsp3) is 0.520. The van der Waals surface area contributed by atoms with Gasteiger partial charge in [-0.2, -0.15) is 0 Å². The third-order valence-electron chi connectivity index (χ3n) is 7.41. The Kier molecular flexibility index (Phi) is 6.07. The second-order valence-electron chi connectivity index (χ2n) is 9.44. The number of hydrogen-bond acceptors (Lipinski definition) is 9. The van der Waals surface area contributed by atoms with Crippen LogP contribution in [0.5, 0.6) is 5.75 Å². The molecule has 0 spiro atoms. The number of allylic oxidation sites excluding steroid dienone is 4. The molecule has 1 aliphatic heterocycles. The van der Waals surface area contributed by atoms with Crippen LogP contribution in [0.4, 0.5) is 0 Å². The number of fused-ring (bicyclic) bond motifs is 2. The number of rotatable bonds is 4. The first kappa shape index (κ1) is 23.2. The summed E-state index contributed by atoms with van der Waals surface area (Å²) in [6.07, 6.45) is 0.0180. The summed E-state index contributed by atoms with van der Waals surface area (Å²) in [4.78, 5) is 26.9. The molecule has 9 nitrogen and oxygen atoms in total. The van der Waals surface area contributed by atoms with Crippen molar-refractivity contribution >= 4 is 11.6 Å². The fourth-order valence-corrected chi connectivity index (χ4v) is 5.55. The van der Waals surface area contributed by atoms with Crippen LogP contribution in [0.1, 0.15) is 46.4 Å². The minimum atomic E-state index is -1.67. The SMILES string of the molecule is O=C1c2c(O[C@@H]3O[C@H](CO)[C@@H](O)[C@H](O)[C@H]3O)cccc2C(=O)[C@H]2C=C(C3CCCC3)C=C(O)[C@@H]12. The predicted octanol–water partition coefficient (Wildman–Crippen LogP) is 1.05. The molecule has 3 aliphatic carbocycles. The molecule has 1 saturated heterocycles. The molecule has 1 heterocycles. The van der Waals surface area contributed by atoms with Gasteiger partial charge in [-0.15, -0.1) is 0 Å². The van der Waals surface area contributed by atoms with E-state index >= 15 is 0 Å². The van der Waals surface area contributed by atoms with Crippen molar-refractivity contribution in [1.29, 1.82) is 0 Å². The summed E-state index contributed by atoms with van der Waals surface area (Å²) < 4.78 is 11.1. The molecule has 2 fully saturated rings. The van der Waals surface area contributed by atoms with Crippen molar-refractivity contribution in [3.63, 3.8) is 0 Å². The number of benzene rings is 1. The van der Waals surface area contributed by atoms with E-state index in [1.165, 1.54) is 18.2 Å². The Morgan fingerprint density at radius 3 is 2.44 bits per heavy atom. The van der Waals surface area contributed by atoms with Crippen molar-refractivity contribution < 1.29 is 44.6 Å². The van der Waals surface area contributed by atoms with Crippen LogP contribution in [0.15, 0.2) is 41.7 Å². The van der Waals surface area contributed by atoms with Crippen molar-refractivity contribution in [1.82, 2.24) is 0 Å². The first-order valence-electron chi connectivity index (χ1n) is 11.6. The predicted molar refractivity (Wildman–Crippen MR) is 117 cm³/mol. The van der Waals surface area contributed by atoms with Gasteiger partial charge >= 0.3 is 0 Å². The van der Waals surface area contributed by atoms with E-state index in [0.717, 1.165) is 31.3 Å². The number of aliphatic hydroxyl groups is 5. The van der Waals surface area contributed by atoms with Crippen molar-refractivity contribution in [2.45, 2.75) is 56.4 Å². The lowest BCUT2D eigenvalue weighted by molar-refractivity contribution is -0.277. The molecule has 0 bridgehead atoms. The Morgan fingerprint density at radius 1 is 1.00 bits per heavy atom. The van der Waals surface area contributed by atoms with Crippen LogP contribution < -0.4 is 4.74 Å². The number of carbonyl (C=O) groups is 2. The highest BCUT2D eigenvalue weighted by molar-refractivity contribution is 6.19. The zero-order chi connectivity index (χ0) is 24.1. The van der Waals surface area contributed by atoms with E-state index in [9.17, 15) is 35.1 Å². The number of ketones is 2. The number of carbonyl (C=O) groups excluding carboxylic acids is 2. The van der Waals surface area contributed by atoms with Crippen LogP contribution in [0, 0.1) is 17.8 Å². The Hall–Kier alpha value is -2.56. The monoisotopic (exact) mass is 472 g/mol. The van der Waals surface area contributed by atoms with E-state index < -0.39 is 54.9 Å². The highest BCUT2D eigenvalue weighted by Gasteiger charge is 2.48. The minimum Gasteiger partial charge on any atom is -0.511 e. The normalized spacial score (nSPS) is 35.9. The lowest BCUT2D eigenvalue weighted by Crippen LogP contribution is -2.60. The van der Waals surface area contributed by atoms with Gasteiger partial charge in [-0.25, -0.2) is 0 Å². The van der Waals surface area contributed by atoms with Gasteiger partial charge in [0.05, 0.1) is 24.0 Å². The average molecular weight is 472 g/mol. The van der Waals surface area contributed by atoms with Gasteiger partial charge in [-0.1, -0.05) is 31.1 Å². The summed E-state index contributed by atoms with van der Waals surface area (Å²) in [5, 5.41) is 50.5. The minimum absolute atomic E-state index is 0.0385. The molecule has 0 radical (unpaired) electrons. The van der Waals surface area contributed by atoms with Gasteiger partial charge < -0.3 is 35.0 Å². The van der Waals surface area contributed by atoms with Gasteiger partial charge in [0, 0.05) is 5.56 Å². The van der Waals surface area contributed by atoms with Crippen LogP contribution in [0.2, 0.25) is 0 Å². The summed E-state index contributed by atoms with van der Waals surface area (Å²) in [5.74, 6) is -2.61. The zero-order valence-electron chi connectivity index (χ0n) is 18.4. The van der Waals surface area contributed by atoms with E-state index in [1.54, 1.807) is 6.08 Å². The highest BCUT2D eigenvalue weighted by Crippen LogP contribution is 2.44. The molecular weight excluding hydrogens is 444 g/mol. The Morgan fingerprint density at radius 2 is 1.74 bits per heavy atom. The maximum Gasteiger partial charge on any atom is 0.229 e. The summed E-state index contributed by atoms with van der Waals surface area (Å²) in [6.45, 7) is -0.632. The van der Waals surface area contributed by atoms with Crippen molar-refractivity contribution in [2.75, 3.05) is 6.61 Å². The molecule has 4 aliphatic rings. The van der Waals surface area contributed by atoms with E-state index in [-0.39, 0.29) is 34.3 Å². The van der Waals surface area contributed by atoms with E-state index in [2.05, 4.69) is 0 Å². The molecule has 5 N–H and O–H groups in total. The standard InChI is InChI=1S/C25H28O9/c26-10-17-21(29)23(31)24(32)25(34-17)33-16-7-3-6-13-19(16)22(30)18-14(20(13)28)8-12(9-15(18)27)11-4-1-2-5-11/h3,6-9,11,14,17-18,21,23-27,29,31-32H,1-2,4-5,10H2/t14-,17+,18-,21+,23-,24+,25+/m0/s1. The van der Waals surface area contributed by atoms with Crippen LogP contribution in [-0.2, 0) is 4.74 Å². The summed E-state index contributed by atoms with van der Waals surface area (Å²) in [7, 11) is 0. The number of hydrogen-bond donors (Lipinski definition) is 5. The first-order chi connectivity index (χ1) is 16.3. The number of ether oxygens (including phenoxy) is 2. The average Bonchev–Trinajstić information content (AvgIpc) is 3.37. The van der Waals surface area contributed by atoms with Crippen LogP contribution in [-0.4, -0.2) is 74.4 Å². The van der Waals surface area contributed by atoms with Gasteiger partial charge in [0.15, 0.2) is 11.6 Å². The first-order valence-corrected chi connectivity index (χ1v) is 11.6. The lowest BCUT2D eigenvalue weighted by atomic mass is 9.69.